The fourth-order valence-electron chi connectivity index (χ4n) is 2.02. The average molecular weight is 325 g/mol. The Hall–Kier alpha value is -1.52. The molecule has 1 aromatic heterocycles. The largest absolute Gasteiger partial charge is 0.383 e. The molecule has 0 radical (unpaired) electrons. The zero-order chi connectivity index (χ0) is 15.6. The van der Waals surface area contributed by atoms with Gasteiger partial charge in [0.1, 0.15) is 17.5 Å². The molecule has 0 fully saturated rings. The summed E-state index contributed by atoms with van der Waals surface area (Å²) in [6, 6.07) is 5.44. The number of nitrogens with one attached hydrogen (secondary N) is 1. The van der Waals surface area contributed by atoms with Crippen molar-refractivity contribution in [1.29, 1.82) is 0 Å². The number of hydrogen-bond donors (Lipinski definition) is 2. The number of halogens is 2. The zero-order valence-corrected chi connectivity index (χ0v) is 13.8. The van der Waals surface area contributed by atoms with Crippen LogP contribution in [0.25, 0.3) is 0 Å². The minimum atomic E-state index is -0.0209. The smallest absolute Gasteiger partial charge is 0.135 e. The van der Waals surface area contributed by atoms with E-state index in [0.717, 1.165) is 29.2 Å². The molecule has 1 aromatic carbocycles. The highest BCUT2D eigenvalue weighted by Gasteiger charge is 2.14. The van der Waals surface area contributed by atoms with E-state index >= 15 is 0 Å². The number of anilines is 2. The molecule has 2 aromatic rings. The van der Waals surface area contributed by atoms with Gasteiger partial charge in [0, 0.05) is 22.0 Å². The van der Waals surface area contributed by atoms with Gasteiger partial charge in [0.05, 0.1) is 6.04 Å². The molecule has 0 saturated heterocycles. The minimum Gasteiger partial charge on any atom is -0.383 e. The highest BCUT2D eigenvalue weighted by atomic mass is 35.5. The molecule has 1 unspecified atom stereocenters. The highest BCUT2D eigenvalue weighted by Crippen LogP contribution is 2.29. The Labute approximate surface area is 134 Å². The maximum Gasteiger partial charge on any atom is 0.135 e. The Balaban J connectivity index is 2.31. The number of aromatic nitrogens is 2. The lowest BCUT2D eigenvalue weighted by atomic mass is 10.1. The van der Waals surface area contributed by atoms with Crippen LogP contribution in [0, 0.1) is 6.92 Å². The molecule has 0 amide bonds. The van der Waals surface area contributed by atoms with E-state index in [0.29, 0.717) is 15.9 Å². The summed E-state index contributed by atoms with van der Waals surface area (Å²) in [6.45, 7) is 5.90. The molecular weight excluding hydrogens is 307 g/mol. The number of hydrogen-bond acceptors (Lipinski definition) is 4. The van der Waals surface area contributed by atoms with Crippen LogP contribution in [0.3, 0.4) is 0 Å². The Morgan fingerprint density at radius 1 is 1.29 bits per heavy atom. The molecular formula is C15H18Cl2N4. The van der Waals surface area contributed by atoms with Gasteiger partial charge in [-0.2, -0.15) is 0 Å². The third-order valence-electron chi connectivity index (χ3n) is 3.33. The van der Waals surface area contributed by atoms with Gasteiger partial charge >= 0.3 is 0 Å². The van der Waals surface area contributed by atoms with Crippen molar-refractivity contribution in [3.05, 3.63) is 45.2 Å². The molecule has 0 aliphatic rings. The van der Waals surface area contributed by atoms with Crippen molar-refractivity contribution in [2.75, 3.05) is 11.1 Å². The quantitative estimate of drug-likeness (QED) is 0.874. The van der Waals surface area contributed by atoms with E-state index in [4.69, 9.17) is 28.9 Å². The standard InChI is InChI=1S/C15H18Cl2N4/c1-4-13-20-14(18)8(2)15(21-13)19-9(3)11-6-5-10(16)7-12(11)17/h5-7,9H,4H2,1-3H3,(H3,18,19,20,21). The van der Waals surface area contributed by atoms with Crippen molar-refractivity contribution >= 4 is 34.8 Å². The number of aryl methyl sites for hydroxylation is 1. The first kappa shape index (κ1) is 15.9. The summed E-state index contributed by atoms with van der Waals surface area (Å²) < 4.78 is 0. The van der Waals surface area contributed by atoms with Gasteiger partial charge in [-0.25, -0.2) is 9.97 Å². The van der Waals surface area contributed by atoms with Gasteiger partial charge in [0.2, 0.25) is 0 Å². The summed E-state index contributed by atoms with van der Waals surface area (Å²) in [5.41, 5.74) is 7.72. The van der Waals surface area contributed by atoms with Crippen LogP contribution in [0.2, 0.25) is 10.0 Å². The van der Waals surface area contributed by atoms with Crippen LogP contribution in [-0.4, -0.2) is 9.97 Å². The second-order valence-electron chi connectivity index (χ2n) is 4.88. The van der Waals surface area contributed by atoms with Crippen LogP contribution in [0.15, 0.2) is 18.2 Å². The van der Waals surface area contributed by atoms with E-state index < -0.39 is 0 Å². The van der Waals surface area contributed by atoms with E-state index in [-0.39, 0.29) is 6.04 Å². The zero-order valence-electron chi connectivity index (χ0n) is 12.2. The minimum absolute atomic E-state index is 0.0209. The summed E-state index contributed by atoms with van der Waals surface area (Å²) in [7, 11) is 0. The molecule has 1 heterocycles. The molecule has 3 N–H and O–H groups in total. The van der Waals surface area contributed by atoms with Gasteiger partial charge in [-0.15, -0.1) is 0 Å². The SMILES string of the molecule is CCc1nc(N)c(C)c(NC(C)c2ccc(Cl)cc2Cl)n1. The lowest BCUT2D eigenvalue weighted by Crippen LogP contribution is -2.13. The van der Waals surface area contributed by atoms with Crippen LogP contribution >= 0.6 is 23.2 Å². The van der Waals surface area contributed by atoms with Crippen LogP contribution in [0.4, 0.5) is 11.6 Å². The fourth-order valence-corrected chi connectivity index (χ4v) is 2.59. The first-order valence-corrected chi connectivity index (χ1v) is 7.52. The van der Waals surface area contributed by atoms with Crippen LogP contribution in [0.1, 0.15) is 36.8 Å². The lowest BCUT2D eigenvalue weighted by Gasteiger charge is -2.19. The Morgan fingerprint density at radius 3 is 2.62 bits per heavy atom. The molecule has 6 heteroatoms. The summed E-state index contributed by atoms with van der Waals surface area (Å²) in [4.78, 5) is 8.74. The van der Waals surface area contributed by atoms with Gasteiger partial charge in [0.15, 0.2) is 0 Å². The molecule has 4 nitrogen and oxygen atoms in total. The van der Waals surface area contributed by atoms with E-state index in [1.165, 1.54) is 0 Å². The highest BCUT2D eigenvalue weighted by molar-refractivity contribution is 6.35. The lowest BCUT2D eigenvalue weighted by molar-refractivity contribution is 0.853. The predicted octanol–water partition coefficient (Wildman–Crippen LogP) is 4.41. The summed E-state index contributed by atoms with van der Waals surface area (Å²) in [6.07, 6.45) is 0.731. The maximum absolute atomic E-state index is 6.24. The van der Waals surface area contributed by atoms with Gasteiger partial charge < -0.3 is 11.1 Å². The van der Waals surface area contributed by atoms with Gasteiger partial charge in [-0.3, -0.25) is 0 Å². The van der Waals surface area contributed by atoms with Crippen molar-refractivity contribution in [3.63, 3.8) is 0 Å². The van der Waals surface area contributed by atoms with Gasteiger partial charge in [-0.1, -0.05) is 36.2 Å². The number of benzene rings is 1. The molecule has 2 rings (SSSR count). The maximum atomic E-state index is 6.24. The van der Waals surface area contributed by atoms with E-state index in [2.05, 4.69) is 15.3 Å². The van der Waals surface area contributed by atoms with E-state index in [1.807, 2.05) is 32.9 Å². The van der Waals surface area contributed by atoms with Crippen molar-refractivity contribution in [2.24, 2.45) is 0 Å². The Morgan fingerprint density at radius 2 is 2.00 bits per heavy atom. The topological polar surface area (TPSA) is 63.8 Å². The number of nitrogens with two attached hydrogens (primary N) is 1. The summed E-state index contributed by atoms with van der Waals surface area (Å²) >= 11 is 12.2. The van der Waals surface area contributed by atoms with Gasteiger partial charge in [-0.05, 0) is 31.5 Å². The van der Waals surface area contributed by atoms with Crippen molar-refractivity contribution in [1.82, 2.24) is 9.97 Å². The molecule has 0 spiro atoms. The monoisotopic (exact) mass is 324 g/mol. The number of rotatable bonds is 4. The normalized spacial score (nSPS) is 12.2. The average Bonchev–Trinajstić information content (AvgIpc) is 2.43. The number of nitrogen functional groups attached to an aromatic ring is 1. The van der Waals surface area contributed by atoms with Gasteiger partial charge in [0.25, 0.3) is 0 Å². The molecule has 112 valence electrons. The molecule has 0 aliphatic carbocycles. The Bertz CT molecular complexity index is 658. The predicted molar refractivity (Wildman–Crippen MR) is 89.1 cm³/mol. The molecule has 0 saturated carbocycles. The molecule has 0 bridgehead atoms. The first-order chi connectivity index (χ1) is 9.92. The van der Waals surface area contributed by atoms with E-state index in [1.54, 1.807) is 6.07 Å². The first-order valence-electron chi connectivity index (χ1n) is 6.76. The third-order valence-corrected chi connectivity index (χ3v) is 3.89. The second kappa shape index (κ2) is 6.50. The van der Waals surface area contributed by atoms with Crippen molar-refractivity contribution < 1.29 is 0 Å². The molecule has 1 atom stereocenters. The number of nitrogens with zero attached hydrogens (tertiary/aromatic N) is 2. The van der Waals surface area contributed by atoms with Crippen LogP contribution < -0.4 is 11.1 Å². The third kappa shape index (κ3) is 3.57. The van der Waals surface area contributed by atoms with Crippen molar-refractivity contribution in [2.45, 2.75) is 33.2 Å². The molecule has 21 heavy (non-hydrogen) atoms. The van der Waals surface area contributed by atoms with Crippen LogP contribution in [-0.2, 0) is 6.42 Å². The fraction of sp³-hybridized carbons (Fsp3) is 0.333. The van der Waals surface area contributed by atoms with E-state index in [9.17, 15) is 0 Å². The van der Waals surface area contributed by atoms with Crippen LogP contribution in [0.5, 0.6) is 0 Å². The Kier molecular flexibility index (Phi) is 4.91. The summed E-state index contributed by atoms with van der Waals surface area (Å²) in [5, 5.41) is 4.58. The summed E-state index contributed by atoms with van der Waals surface area (Å²) in [5.74, 6) is 1.95. The molecule has 0 aliphatic heterocycles. The van der Waals surface area contributed by atoms with Crippen molar-refractivity contribution in [3.8, 4) is 0 Å². The second-order valence-corrected chi connectivity index (χ2v) is 5.73.